The average molecular weight is 243 g/mol. The first-order valence-electron chi connectivity index (χ1n) is 5.71. The number of likely N-dealkylation sites (N-methyl/N-ethyl adjacent to an activating group) is 1. The van der Waals surface area contributed by atoms with Gasteiger partial charge in [0.2, 0.25) is 0 Å². The van der Waals surface area contributed by atoms with Crippen LogP contribution in [0.1, 0.15) is 24.6 Å². The topological polar surface area (TPSA) is 47.1 Å². The van der Waals surface area contributed by atoms with Crippen LogP contribution in [0.4, 0.5) is 0 Å². The van der Waals surface area contributed by atoms with Crippen molar-refractivity contribution in [3.63, 3.8) is 0 Å². The van der Waals surface area contributed by atoms with E-state index < -0.39 is 0 Å². The normalized spacial score (nSPS) is 18.1. The summed E-state index contributed by atoms with van der Waals surface area (Å²) in [5.74, 6) is 0.604. The lowest BCUT2D eigenvalue weighted by atomic mass is 10.1. The molecule has 1 fully saturated rings. The number of nitrogens with zero attached hydrogens (tertiary/aromatic N) is 3. The second kappa shape index (κ2) is 4.73. The van der Waals surface area contributed by atoms with Gasteiger partial charge in [0.05, 0.1) is 29.5 Å². The van der Waals surface area contributed by atoms with Crippen molar-refractivity contribution in [3.8, 4) is 0 Å². The number of rotatable bonds is 5. The molecule has 1 aliphatic rings. The summed E-state index contributed by atoms with van der Waals surface area (Å²) in [6.07, 6.45) is 4.14. The first-order valence-corrected chi connectivity index (χ1v) is 6.09. The van der Waals surface area contributed by atoms with Crippen LogP contribution in [-0.2, 0) is 6.54 Å². The maximum Gasteiger partial charge on any atom is 0.0834 e. The molecule has 1 aromatic heterocycles. The van der Waals surface area contributed by atoms with E-state index in [4.69, 9.17) is 17.3 Å². The van der Waals surface area contributed by atoms with Crippen LogP contribution in [0.25, 0.3) is 0 Å². The van der Waals surface area contributed by atoms with Gasteiger partial charge in [0.1, 0.15) is 0 Å². The summed E-state index contributed by atoms with van der Waals surface area (Å²) < 4.78 is 1.95. The predicted molar refractivity (Wildman–Crippen MR) is 65.4 cm³/mol. The maximum absolute atomic E-state index is 6.19. The van der Waals surface area contributed by atoms with E-state index in [1.165, 1.54) is 12.8 Å². The minimum Gasteiger partial charge on any atom is -0.322 e. The average Bonchev–Trinajstić information content (AvgIpc) is 2.99. The summed E-state index contributed by atoms with van der Waals surface area (Å²) in [6.45, 7) is 1.79. The Balaban J connectivity index is 2.11. The van der Waals surface area contributed by atoms with Gasteiger partial charge >= 0.3 is 0 Å². The molecule has 0 amide bonds. The molecule has 0 saturated heterocycles. The van der Waals surface area contributed by atoms with E-state index in [9.17, 15) is 0 Å². The van der Waals surface area contributed by atoms with Gasteiger partial charge in [-0.3, -0.25) is 4.68 Å². The molecule has 2 N–H and O–H groups in total. The summed E-state index contributed by atoms with van der Waals surface area (Å²) in [5, 5.41) is 5.00. The number of aromatic nitrogens is 2. The van der Waals surface area contributed by atoms with Crippen molar-refractivity contribution in [3.05, 3.63) is 16.9 Å². The van der Waals surface area contributed by atoms with Gasteiger partial charge in [-0.05, 0) is 32.9 Å². The van der Waals surface area contributed by atoms with Gasteiger partial charge < -0.3 is 10.6 Å². The Morgan fingerprint density at radius 2 is 2.31 bits per heavy atom. The van der Waals surface area contributed by atoms with Crippen LogP contribution in [0, 0.1) is 5.92 Å². The van der Waals surface area contributed by atoms with Gasteiger partial charge in [-0.1, -0.05) is 11.6 Å². The molecule has 0 spiro atoms. The monoisotopic (exact) mass is 242 g/mol. The van der Waals surface area contributed by atoms with Gasteiger partial charge in [0.25, 0.3) is 0 Å². The minimum atomic E-state index is 0.0529. The Labute approximate surface area is 101 Å². The molecule has 0 aliphatic heterocycles. The molecule has 1 atom stereocenters. The van der Waals surface area contributed by atoms with Crippen molar-refractivity contribution >= 4 is 11.6 Å². The first kappa shape index (κ1) is 11.9. The summed E-state index contributed by atoms with van der Waals surface area (Å²) in [6, 6.07) is 0.0529. The lowest BCUT2D eigenvalue weighted by Crippen LogP contribution is -2.23. The first-order chi connectivity index (χ1) is 7.59. The van der Waals surface area contributed by atoms with Crippen LogP contribution in [0.15, 0.2) is 6.20 Å². The van der Waals surface area contributed by atoms with Crippen molar-refractivity contribution in [2.75, 3.05) is 20.6 Å². The Morgan fingerprint density at radius 1 is 1.62 bits per heavy atom. The highest BCUT2D eigenvalue weighted by atomic mass is 35.5. The van der Waals surface area contributed by atoms with Gasteiger partial charge in [-0.15, -0.1) is 0 Å². The molecule has 1 heterocycles. The van der Waals surface area contributed by atoms with Gasteiger partial charge in [0.15, 0.2) is 0 Å². The largest absolute Gasteiger partial charge is 0.322 e. The number of hydrogen-bond donors (Lipinski definition) is 1. The molecule has 16 heavy (non-hydrogen) atoms. The summed E-state index contributed by atoms with van der Waals surface area (Å²) in [4.78, 5) is 2.13. The van der Waals surface area contributed by atoms with Crippen LogP contribution < -0.4 is 5.73 Å². The van der Waals surface area contributed by atoms with E-state index in [1.54, 1.807) is 6.20 Å². The number of nitrogens with two attached hydrogens (primary N) is 1. The molecule has 0 bridgehead atoms. The molecule has 1 aliphatic carbocycles. The fraction of sp³-hybridized carbons (Fsp3) is 0.727. The highest BCUT2D eigenvalue weighted by Gasteiger charge is 2.33. The molecule has 1 aromatic rings. The van der Waals surface area contributed by atoms with Gasteiger partial charge in [-0.2, -0.15) is 5.10 Å². The predicted octanol–water partition coefficient (Wildman–Crippen LogP) is 1.51. The standard InChI is InChI=1S/C11H19ClN4/c1-15(2)5-6-16-11(9(12)7-14-16)10(13)8-3-4-8/h7-8,10H,3-6,13H2,1-2H3. The SMILES string of the molecule is CN(C)CCn1ncc(Cl)c1C(N)C1CC1. The van der Waals surface area contributed by atoms with Crippen LogP contribution in [0.5, 0.6) is 0 Å². The van der Waals surface area contributed by atoms with Crippen molar-refractivity contribution in [1.82, 2.24) is 14.7 Å². The fourth-order valence-electron chi connectivity index (χ4n) is 1.85. The third-order valence-corrected chi connectivity index (χ3v) is 3.33. The van der Waals surface area contributed by atoms with Crippen molar-refractivity contribution in [2.24, 2.45) is 11.7 Å². The second-order valence-electron chi connectivity index (χ2n) is 4.77. The molecule has 2 rings (SSSR count). The molecule has 1 unspecified atom stereocenters. The molecule has 0 aromatic carbocycles. The molecular weight excluding hydrogens is 224 g/mol. The third kappa shape index (κ3) is 2.56. The van der Waals surface area contributed by atoms with E-state index in [1.807, 2.05) is 18.8 Å². The minimum absolute atomic E-state index is 0.0529. The van der Waals surface area contributed by atoms with E-state index in [0.717, 1.165) is 18.8 Å². The van der Waals surface area contributed by atoms with E-state index in [0.29, 0.717) is 10.9 Å². The Hall–Kier alpha value is -0.580. The molecule has 90 valence electrons. The quantitative estimate of drug-likeness (QED) is 0.852. The summed E-state index contributed by atoms with van der Waals surface area (Å²) >= 11 is 6.15. The zero-order valence-corrected chi connectivity index (χ0v) is 10.6. The fourth-order valence-corrected chi connectivity index (χ4v) is 2.12. The van der Waals surface area contributed by atoms with Crippen molar-refractivity contribution in [1.29, 1.82) is 0 Å². The zero-order chi connectivity index (χ0) is 11.7. The van der Waals surface area contributed by atoms with E-state index in [2.05, 4.69) is 10.00 Å². The van der Waals surface area contributed by atoms with Crippen LogP contribution in [0.2, 0.25) is 5.02 Å². The van der Waals surface area contributed by atoms with E-state index >= 15 is 0 Å². The summed E-state index contributed by atoms with van der Waals surface area (Å²) in [7, 11) is 4.09. The second-order valence-corrected chi connectivity index (χ2v) is 5.17. The van der Waals surface area contributed by atoms with Gasteiger partial charge in [-0.25, -0.2) is 0 Å². The van der Waals surface area contributed by atoms with Crippen molar-refractivity contribution < 1.29 is 0 Å². The molecule has 0 radical (unpaired) electrons. The molecular formula is C11H19ClN4. The number of halogens is 1. The Kier molecular flexibility index (Phi) is 3.52. The number of hydrogen-bond acceptors (Lipinski definition) is 3. The van der Waals surface area contributed by atoms with E-state index in [-0.39, 0.29) is 6.04 Å². The Morgan fingerprint density at radius 3 is 2.88 bits per heavy atom. The highest BCUT2D eigenvalue weighted by Crippen LogP contribution is 2.41. The zero-order valence-electron chi connectivity index (χ0n) is 9.86. The molecule has 5 heteroatoms. The Bertz CT molecular complexity index is 357. The lowest BCUT2D eigenvalue weighted by molar-refractivity contribution is 0.364. The van der Waals surface area contributed by atoms with Crippen LogP contribution in [0.3, 0.4) is 0 Å². The highest BCUT2D eigenvalue weighted by molar-refractivity contribution is 6.31. The smallest absolute Gasteiger partial charge is 0.0834 e. The molecule has 4 nitrogen and oxygen atoms in total. The van der Waals surface area contributed by atoms with Crippen LogP contribution in [-0.4, -0.2) is 35.3 Å². The maximum atomic E-state index is 6.19. The lowest BCUT2D eigenvalue weighted by Gasteiger charge is -2.16. The third-order valence-electron chi connectivity index (χ3n) is 3.04. The van der Waals surface area contributed by atoms with Crippen LogP contribution >= 0.6 is 11.6 Å². The van der Waals surface area contributed by atoms with Crippen molar-refractivity contribution in [2.45, 2.75) is 25.4 Å². The van der Waals surface area contributed by atoms with Gasteiger partial charge in [0, 0.05) is 6.54 Å². The molecule has 1 saturated carbocycles. The summed E-state index contributed by atoms with van der Waals surface area (Å²) in [5.41, 5.74) is 7.20.